The first-order valence-electron chi connectivity index (χ1n) is 4.91. The zero-order valence-corrected chi connectivity index (χ0v) is 9.90. The summed E-state index contributed by atoms with van der Waals surface area (Å²) in [6.45, 7) is 2.26. The van der Waals surface area contributed by atoms with Crippen molar-refractivity contribution < 1.29 is 9.90 Å². The molecule has 0 aromatic carbocycles. The summed E-state index contributed by atoms with van der Waals surface area (Å²) >= 11 is 1.48. The normalized spacial score (nSPS) is 10.4. The largest absolute Gasteiger partial charge is 0.478 e. The summed E-state index contributed by atoms with van der Waals surface area (Å²) in [6.07, 6.45) is 1.47. The van der Waals surface area contributed by atoms with E-state index in [0.29, 0.717) is 6.54 Å². The highest BCUT2D eigenvalue weighted by Gasteiger charge is 2.06. The van der Waals surface area contributed by atoms with Crippen molar-refractivity contribution in [1.29, 1.82) is 0 Å². The maximum absolute atomic E-state index is 11.6. The Morgan fingerprint density at radius 3 is 2.88 bits per heavy atom. The van der Waals surface area contributed by atoms with Gasteiger partial charge in [0.15, 0.2) is 0 Å². The van der Waals surface area contributed by atoms with Crippen LogP contribution in [0.15, 0.2) is 28.5 Å². The first kappa shape index (κ1) is 11.5. The van der Waals surface area contributed by atoms with Gasteiger partial charge in [-0.3, -0.25) is 4.79 Å². The standard InChI is InChI=1S/C11H10N2O3S/c1-7-6-17-9(12-7)5-13-3-2-8(11(15)16)4-10(13)14/h2-4,6H,5H2,1H3,(H,15,16). The molecule has 0 atom stereocenters. The molecule has 6 heteroatoms. The first-order valence-corrected chi connectivity index (χ1v) is 5.79. The number of carboxylic acid groups (broad SMARTS) is 1. The number of hydrogen-bond acceptors (Lipinski definition) is 4. The molecule has 0 spiro atoms. The van der Waals surface area contributed by atoms with Crippen LogP contribution in [0.4, 0.5) is 0 Å². The van der Waals surface area contributed by atoms with Gasteiger partial charge in [0.25, 0.3) is 5.56 Å². The van der Waals surface area contributed by atoms with E-state index in [1.54, 1.807) is 0 Å². The molecule has 1 N–H and O–H groups in total. The van der Waals surface area contributed by atoms with Gasteiger partial charge in [0.05, 0.1) is 12.1 Å². The van der Waals surface area contributed by atoms with Crippen LogP contribution in [0.1, 0.15) is 21.1 Å². The number of carboxylic acids is 1. The molecule has 5 nitrogen and oxygen atoms in total. The topological polar surface area (TPSA) is 72.2 Å². The van der Waals surface area contributed by atoms with E-state index in [-0.39, 0.29) is 11.1 Å². The van der Waals surface area contributed by atoms with Crippen molar-refractivity contribution >= 4 is 17.3 Å². The van der Waals surface area contributed by atoms with E-state index in [4.69, 9.17) is 5.11 Å². The number of nitrogens with zero attached hydrogens (tertiary/aromatic N) is 2. The lowest BCUT2D eigenvalue weighted by Gasteiger charge is -2.02. The molecule has 2 heterocycles. The number of pyridine rings is 1. The van der Waals surface area contributed by atoms with Crippen molar-refractivity contribution in [3.05, 3.63) is 50.3 Å². The second-order valence-electron chi connectivity index (χ2n) is 3.57. The maximum atomic E-state index is 11.6. The molecule has 0 saturated carbocycles. The molecule has 0 aliphatic carbocycles. The summed E-state index contributed by atoms with van der Waals surface area (Å²) < 4.78 is 1.44. The Kier molecular flexibility index (Phi) is 3.06. The number of carbonyl (C=O) groups is 1. The van der Waals surface area contributed by atoms with Gasteiger partial charge in [0, 0.05) is 23.3 Å². The molecule has 2 rings (SSSR count). The summed E-state index contributed by atoms with van der Waals surface area (Å²) in [4.78, 5) is 26.5. The van der Waals surface area contributed by atoms with E-state index in [0.717, 1.165) is 16.8 Å². The van der Waals surface area contributed by atoms with Gasteiger partial charge in [-0.15, -0.1) is 11.3 Å². The van der Waals surface area contributed by atoms with Crippen molar-refractivity contribution in [2.75, 3.05) is 0 Å². The monoisotopic (exact) mass is 250 g/mol. The highest BCUT2D eigenvalue weighted by atomic mass is 32.1. The van der Waals surface area contributed by atoms with Gasteiger partial charge in [0.1, 0.15) is 5.01 Å². The van der Waals surface area contributed by atoms with Crippen LogP contribution in [0.2, 0.25) is 0 Å². The smallest absolute Gasteiger partial charge is 0.335 e. The molecule has 0 saturated heterocycles. The first-order chi connectivity index (χ1) is 8.06. The zero-order chi connectivity index (χ0) is 12.4. The summed E-state index contributed by atoms with van der Waals surface area (Å²) in [7, 11) is 0. The van der Waals surface area contributed by atoms with Crippen molar-refractivity contribution in [3.8, 4) is 0 Å². The number of aryl methyl sites for hydroxylation is 1. The molecule has 2 aromatic rings. The van der Waals surface area contributed by atoms with Gasteiger partial charge >= 0.3 is 5.97 Å². The Hall–Kier alpha value is -1.95. The van der Waals surface area contributed by atoms with Crippen LogP contribution in [0.3, 0.4) is 0 Å². The van der Waals surface area contributed by atoms with E-state index < -0.39 is 5.97 Å². The highest BCUT2D eigenvalue weighted by molar-refractivity contribution is 7.09. The van der Waals surface area contributed by atoms with Gasteiger partial charge in [-0.1, -0.05) is 0 Å². The molecule has 2 aromatic heterocycles. The van der Waals surface area contributed by atoms with Crippen molar-refractivity contribution in [2.24, 2.45) is 0 Å². The van der Waals surface area contributed by atoms with Crippen LogP contribution in [-0.4, -0.2) is 20.6 Å². The Bertz CT molecular complexity index is 615. The minimum Gasteiger partial charge on any atom is -0.478 e. The lowest BCUT2D eigenvalue weighted by atomic mass is 10.3. The summed E-state index contributed by atoms with van der Waals surface area (Å²) in [5.41, 5.74) is 0.583. The number of rotatable bonds is 3. The van der Waals surface area contributed by atoms with Crippen molar-refractivity contribution in [2.45, 2.75) is 13.5 Å². The number of aromatic nitrogens is 2. The average Bonchev–Trinajstić information content (AvgIpc) is 2.67. The fourth-order valence-corrected chi connectivity index (χ4v) is 2.16. The van der Waals surface area contributed by atoms with E-state index in [2.05, 4.69) is 4.98 Å². The molecule has 0 amide bonds. The molecule has 88 valence electrons. The molecule has 0 aliphatic heterocycles. The summed E-state index contributed by atoms with van der Waals surface area (Å²) in [5.74, 6) is -1.10. The quantitative estimate of drug-likeness (QED) is 0.892. The van der Waals surface area contributed by atoms with E-state index >= 15 is 0 Å². The number of hydrogen-bond donors (Lipinski definition) is 1. The second-order valence-corrected chi connectivity index (χ2v) is 4.51. The highest BCUT2D eigenvalue weighted by Crippen LogP contribution is 2.09. The molecule has 0 bridgehead atoms. The third-order valence-corrected chi connectivity index (χ3v) is 3.17. The summed E-state index contributed by atoms with van der Waals surface area (Å²) in [6, 6.07) is 2.52. The molecular weight excluding hydrogens is 240 g/mol. The number of aromatic carboxylic acids is 1. The van der Waals surface area contributed by atoms with Gasteiger partial charge in [-0.25, -0.2) is 9.78 Å². The second kappa shape index (κ2) is 4.50. The van der Waals surface area contributed by atoms with Gasteiger partial charge in [-0.05, 0) is 13.0 Å². The third kappa shape index (κ3) is 2.59. The molecule has 0 unspecified atom stereocenters. The predicted octanol–water partition coefficient (Wildman–Crippen LogP) is 1.36. The molecule has 0 aliphatic rings. The molecule has 17 heavy (non-hydrogen) atoms. The van der Waals surface area contributed by atoms with Crippen molar-refractivity contribution in [1.82, 2.24) is 9.55 Å². The van der Waals surface area contributed by atoms with Crippen LogP contribution >= 0.6 is 11.3 Å². The maximum Gasteiger partial charge on any atom is 0.335 e. The van der Waals surface area contributed by atoms with Crippen LogP contribution in [0.25, 0.3) is 0 Å². The van der Waals surface area contributed by atoms with Crippen molar-refractivity contribution in [3.63, 3.8) is 0 Å². The minimum atomic E-state index is -1.10. The van der Waals surface area contributed by atoms with E-state index in [1.165, 1.54) is 28.2 Å². The lowest BCUT2D eigenvalue weighted by Crippen LogP contribution is -2.20. The minimum absolute atomic E-state index is 0.00145. The Morgan fingerprint density at radius 1 is 1.59 bits per heavy atom. The molecule has 0 fully saturated rings. The Morgan fingerprint density at radius 2 is 2.35 bits per heavy atom. The predicted molar refractivity (Wildman–Crippen MR) is 63.6 cm³/mol. The van der Waals surface area contributed by atoms with Crippen LogP contribution < -0.4 is 5.56 Å². The summed E-state index contributed by atoms with van der Waals surface area (Å²) in [5, 5.41) is 11.5. The lowest BCUT2D eigenvalue weighted by molar-refractivity contribution is 0.0696. The zero-order valence-electron chi connectivity index (χ0n) is 9.08. The molecular formula is C11H10N2O3S. The van der Waals surface area contributed by atoms with Crippen LogP contribution in [-0.2, 0) is 6.54 Å². The number of thiazole rings is 1. The van der Waals surface area contributed by atoms with Gasteiger partial charge in [0.2, 0.25) is 0 Å². The fraction of sp³-hybridized carbons (Fsp3) is 0.182. The van der Waals surface area contributed by atoms with Crippen LogP contribution in [0.5, 0.6) is 0 Å². The third-order valence-electron chi connectivity index (χ3n) is 2.22. The van der Waals surface area contributed by atoms with E-state index in [9.17, 15) is 9.59 Å². The van der Waals surface area contributed by atoms with Gasteiger partial charge < -0.3 is 9.67 Å². The fourth-order valence-electron chi connectivity index (χ4n) is 1.39. The Balaban J connectivity index is 2.28. The molecule has 0 radical (unpaired) electrons. The van der Waals surface area contributed by atoms with Gasteiger partial charge in [-0.2, -0.15) is 0 Å². The van der Waals surface area contributed by atoms with Crippen LogP contribution in [0, 0.1) is 6.92 Å². The SMILES string of the molecule is Cc1csc(Cn2ccc(C(=O)O)cc2=O)n1. The average molecular weight is 250 g/mol. The van der Waals surface area contributed by atoms with E-state index in [1.807, 2.05) is 12.3 Å². The Labute approximate surface area is 101 Å².